The Balaban J connectivity index is 1.70. The zero-order chi connectivity index (χ0) is 17.3. The lowest BCUT2D eigenvalue weighted by atomic mass is 10.1. The van der Waals surface area contributed by atoms with Gasteiger partial charge in [-0.1, -0.05) is 29.3 Å². The van der Waals surface area contributed by atoms with Crippen LogP contribution in [0.3, 0.4) is 0 Å². The molecule has 0 spiro atoms. The predicted octanol–water partition coefficient (Wildman–Crippen LogP) is 3.95. The van der Waals surface area contributed by atoms with Crippen LogP contribution in [0.4, 0.5) is 11.4 Å². The van der Waals surface area contributed by atoms with Crippen LogP contribution in [-0.2, 0) is 9.59 Å². The highest BCUT2D eigenvalue weighted by Crippen LogP contribution is 2.27. The van der Waals surface area contributed by atoms with Gasteiger partial charge in [0, 0.05) is 29.4 Å². The smallest absolute Gasteiger partial charge is 0.229 e. The van der Waals surface area contributed by atoms with Crippen molar-refractivity contribution < 1.29 is 9.59 Å². The number of hydrogen-bond acceptors (Lipinski definition) is 2. The molecular weight excluding hydrogens is 324 g/mol. The third-order valence-electron chi connectivity index (χ3n) is 4.27. The third-order valence-corrected chi connectivity index (χ3v) is 4.53. The normalized spacial score (nSPS) is 17.2. The first-order valence-electron chi connectivity index (χ1n) is 7.88. The molecule has 1 atom stereocenters. The van der Waals surface area contributed by atoms with Gasteiger partial charge in [0.15, 0.2) is 0 Å². The first kappa shape index (κ1) is 16.5. The second-order valence-electron chi connectivity index (χ2n) is 6.19. The molecule has 124 valence electrons. The zero-order valence-electron chi connectivity index (χ0n) is 13.7. The van der Waals surface area contributed by atoms with Crippen molar-refractivity contribution in [1.82, 2.24) is 0 Å². The maximum absolute atomic E-state index is 12.5. The Kier molecular flexibility index (Phi) is 4.58. The van der Waals surface area contributed by atoms with Gasteiger partial charge in [0.25, 0.3) is 0 Å². The Labute approximate surface area is 146 Å². The Bertz CT molecular complexity index is 786. The van der Waals surface area contributed by atoms with Crippen LogP contribution < -0.4 is 10.2 Å². The Morgan fingerprint density at radius 1 is 1.17 bits per heavy atom. The molecule has 0 saturated carbocycles. The van der Waals surface area contributed by atoms with Gasteiger partial charge in [0.05, 0.1) is 5.92 Å². The zero-order valence-corrected chi connectivity index (χ0v) is 14.4. The lowest BCUT2D eigenvalue weighted by Gasteiger charge is -2.17. The van der Waals surface area contributed by atoms with Crippen molar-refractivity contribution in [3.8, 4) is 0 Å². The van der Waals surface area contributed by atoms with Crippen LogP contribution in [0.15, 0.2) is 42.5 Å². The van der Waals surface area contributed by atoms with Crippen molar-refractivity contribution in [1.29, 1.82) is 0 Å². The van der Waals surface area contributed by atoms with Gasteiger partial charge in [0.2, 0.25) is 11.8 Å². The lowest BCUT2D eigenvalue weighted by molar-refractivity contribution is -0.122. The summed E-state index contributed by atoms with van der Waals surface area (Å²) in [4.78, 5) is 26.4. The molecule has 2 aromatic carbocycles. The van der Waals surface area contributed by atoms with E-state index in [0.29, 0.717) is 11.6 Å². The lowest BCUT2D eigenvalue weighted by Crippen LogP contribution is -2.28. The number of carbonyl (C=O) groups is 2. The molecule has 1 aliphatic heterocycles. The number of halogens is 1. The van der Waals surface area contributed by atoms with E-state index in [9.17, 15) is 9.59 Å². The molecule has 1 saturated heterocycles. The molecule has 1 aliphatic rings. The SMILES string of the molecule is Cc1ccc(NC(=O)[C@H]2CC(=O)N(c3ccc(Cl)cc3)C2)c(C)c1. The summed E-state index contributed by atoms with van der Waals surface area (Å²) in [5.74, 6) is -0.515. The molecule has 2 aromatic rings. The first-order valence-corrected chi connectivity index (χ1v) is 8.26. The van der Waals surface area contributed by atoms with Crippen LogP contribution in [0.25, 0.3) is 0 Å². The van der Waals surface area contributed by atoms with Gasteiger partial charge in [-0.05, 0) is 49.7 Å². The van der Waals surface area contributed by atoms with E-state index < -0.39 is 0 Å². The summed E-state index contributed by atoms with van der Waals surface area (Å²) < 4.78 is 0. The fourth-order valence-corrected chi connectivity index (χ4v) is 3.07. The van der Waals surface area contributed by atoms with E-state index >= 15 is 0 Å². The fraction of sp³-hybridized carbons (Fsp3) is 0.263. The van der Waals surface area contributed by atoms with Gasteiger partial charge >= 0.3 is 0 Å². The molecule has 5 heteroatoms. The predicted molar refractivity (Wildman–Crippen MR) is 96.5 cm³/mol. The quantitative estimate of drug-likeness (QED) is 0.918. The highest BCUT2D eigenvalue weighted by atomic mass is 35.5. The summed E-state index contributed by atoms with van der Waals surface area (Å²) in [5, 5.41) is 3.56. The second kappa shape index (κ2) is 6.65. The molecule has 0 aromatic heterocycles. The van der Waals surface area contributed by atoms with Gasteiger partial charge in [-0.25, -0.2) is 0 Å². The largest absolute Gasteiger partial charge is 0.326 e. The van der Waals surface area contributed by atoms with E-state index in [1.54, 1.807) is 29.2 Å². The van der Waals surface area contributed by atoms with Gasteiger partial charge in [-0.15, -0.1) is 0 Å². The molecule has 0 unspecified atom stereocenters. The molecule has 1 fully saturated rings. The summed E-state index contributed by atoms with van der Waals surface area (Å²) in [6.45, 7) is 4.36. The van der Waals surface area contributed by atoms with Gasteiger partial charge < -0.3 is 10.2 Å². The minimum Gasteiger partial charge on any atom is -0.326 e. The third kappa shape index (κ3) is 3.44. The van der Waals surface area contributed by atoms with Gasteiger partial charge in [-0.2, -0.15) is 0 Å². The Morgan fingerprint density at radius 3 is 2.54 bits per heavy atom. The number of amides is 2. The maximum Gasteiger partial charge on any atom is 0.229 e. The van der Waals surface area contributed by atoms with Gasteiger partial charge in [0.1, 0.15) is 0 Å². The topological polar surface area (TPSA) is 49.4 Å². The van der Waals surface area contributed by atoms with E-state index in [-0.39, 0.29) is 24.2 Å². The molecule has 24 heavy (non-hydrogen) atoms. The molecule has 0 bridgehead atoms. The Morgan fingerprint density at radius 2 is 1.88 bits per heavy atom. The van der Waals surface area contributed by atoms with Crippen molar-refractivity contribution >= 4 is 34.8 Å². The summed E-state index contributed by atoms with van der Waals surface area (Å²) in [7, 11) is 0. The number of anilines is 2. The average molecular weight is 343 g/mol. The minimum atomic E-state index is -0.353. The number of aryl methyl sites for hydroxylation is 2. The second-order valence-corrected chi connectivity index (χ2v) is 6.63. The molecule has 4 nitrogen and oxygen atoms in total. The van der Waals surface area contributed by atoms with E-state index in [1.807, 2.05) is 32.0 Å². The molecule has 0 aliphatic carbocycles. The van der Waals surface area contributed by atoms with Crippen LogP contribution >= 0.6 is 11.6 Å². The summed E-state index contributed by atoms with van der Waals surface area (Å²) in [6, 6.07) is 13.0. The standard InChI is InChI=1S/C19H19ClN2O2/c1-12-3-8-17(13(2)9-12)21-19(24)14-10-18(23)22(11-14)16-6-4-15(20)5-7-16/h3-9,14H,10-11H2,1-2H3,(H,21,24)/t14-/m0/s1. The molecular formula is C19H19ClN2O2. The highest BCUT2D eigenvalue weighted by molar-refractivity contribution is 6.30. The van der Waals surface area contributed by atoms with Crippen molar-refractivity contribution in [2.75, 3.05) is 16.8 Å². The number of nitrogens with one attached hydrogen (secondary N) is 1. The molecule has 3 rings (SSSR count). The summed E-state index contributed by atoms with van der Waals surface area (Å²) in [5.41, 5.74) is 3.73. The van der Waals surface area contributed by atoms with E-state index in [4.69, 9.17) is 11.6 Å². The van der Waals surface area contributed by atoms with Crippen molar-refractivity contribution in [2.45, 2.75) is 20.3 Å². The number of hydrogen-bond donors (Lipinski definition) is 1. The monoisotopic (exact) mass is 342 g/mol. The Hall–Kier alpha value is -2.33. The number of carbonyl (C=O) groups excluding carboxylic acids is 2. The first-order chi connectivity index (χ1) is 11.4. The van der Waals surface area contributed by atoms with E-state index in [0.717, 1.165) is 22.5 Å². The maximum atomic E-state index is 12.5. The molecule has 2 amide bonds. The fourth-order valence-electron chi connectivity index (χ4n) is 2.94. The van der Waals surface area contributed by atoms with E-state index in [1.165, 1.54) is 0 Å². The molecule has 1 heterocycles. The number of nitrogens with zero attached hydrogens (tertiary/aromatic N) is 1. The van der Waals surface area contributed by atoms with Crippen molar-refractivity contribution in [2.24, 2.45) is 5.92 Å². The van der Waals surface area contributed by atoms with Crippen LogP contribution in [-0.4, -0.2) is 18.4 Å². The molecule has 1 N–H and O–H groups in total. The number of benzene rings is 2. The van der Waals surface area contributed by atoms with Crippen LogP contribution in [0.1, 0.15) is 17.5 Å². The van der Waals surface area contributed by atoms with Crippen molar-refractivity contribution in [3.05, 3.63) is 58.6 Å². The van der Waals surface area contributed by atoms with E-state index in [2.05, 4.69) is 5.32 Å². The van der Waals surface area contributed by atoms with Crippen molar-refractivity contribution in [3.63, 3.8) is 0 Å². The van der Waals surface area contributed by atoms with Crippen LogP contribution in [0, 0.1) is 19.8 Å². The summed E-state index contributed by atoms with van der Waals surface area (Å²) in [6.07, 6.45) is 0.222. The minimum absolute atomic E-state index is 0.0434. The average Bonchev–Trinajstić information content (AvgIpc) is 2.93. The summed E-state index contributed by atoms with van der Waals surface area (Å²) >= 11 is 5.88. The molecule has 0 radical (unpaired) electrons. The van der Waals surface area contributed by atoms with Crippen LogP contribution in [0.2, 0.25) is 5.02 Å². The highest BCUT2D eigenvalue weighted by Gasteiger charge is 2.35. The van der Waals surface area contributed by atoms with Crippen LogP contribution in [0.5, 0.6) is 0 Å². The number of rotatable bonds is 3. The van der Waals surface area contributed by atoms with Gasteiger partial charge in [-0.3, -0.25) is 9.59 Å².